The molecule has 14 heavy (non-hydrogen) atoms. The number of allylic oxidation sites excluding steroid dienone is 1. The number of halogens is 7. The third-order valence-electron chi connectivity index (χ3n) is 0.948. The zero-order valence-electron chi connectivity index (χ0n) is 6.49. The van der Waals surface area contributed by atoms with Gasteiger partial charge >= 0.3 is 18.5 Å². The Labute approximate surface area is 74.1 Å². The minimum atomic E-state index is -4.72. The molecule has 8 heteroatoms. The van der Waals surface area contributed by atoms with Crippen molar-refractivity contribution in [1.29, 1.82) is 0 Å². The van der Waals surface area contributed by atoms with Gasteiger partial charge in [0.15, 0.2) is 6.61 Å². The molecular formula is C6H5F7O. The lowest BCUT2D eigenvalue weighted by molar-refractivity contribution is -0.155. The summed E-state index contributed by atoms with van der Waals surface area (Å²) in [5.74, 6) is -4.45. The molecule has 0 unspecified atom stereocenters. The molecule has 0 saturated carbocycles. The summed E-state index contributed by atoms with van der Waals surface area (Å²) in [5, 5.41) is 0. The zero-order chi connectivity index (χ0) is 11.4. The molecule has 0 N–H and O–H groups in total. The topological polar surface area (TPSA) is 9.23 Å². The number of hydrogen-bond donors (Lipinski definition) is 0. The van der Waals surface area contributed by atoms with E-state index in [4.69, 9.17) is 0 Å². The lowest BCUT2D eigenvalue weighted by Gasteiger charge is -2.13. The summed E-state index contributed by atoms with van der Waals surface area (Å²) in [5.41, 5.74) is 0. The Morgan fingerprint density at radius 1 is 1.07 bits per heavy atom. The number of ether oxygens (including phenoxy) is 1. The first-order valence-corrected chi connectivity index (χ1v) is 3.17. The van der Waals surface area contributed by atoms with E-state index in [-0.39, 0.29) is 6.26 Å². The highest BCUT2D eigenvalue weighted by molar-refractivity contribution is 4.83. The van der Waals surface area contributed by atoms with Crippen LogP contribution in [0.2, 0.25) is 0 Å². The molecule has 0 aromatic carbocycles. The lowest BCUT2D eigenvalue weighted by atomic mass is 10.4. The third-order valence-corrected chi connectivity index (χ3v) is 0.948. The SMILES string of the molecule is FC(F)C(F)(F)COC=CC(F)(F)F. The molecule has 84 valence electrons. The van der Waals surface area contributed by atoms with E-state index >= 15 is 0 Å². The Hall–Kier alpha value is -0.950. The van der Waals surface area contributed by atoms with Crippen LogP contribution in [0, 0.1) is 0 Å². The van der Waals surface area contributed by atoms with E-state index in [1.165, 1.54) is 0 Å². The summed E-state index contributed by atoms with van der Waals surface area (Å²) in [6.07, 6.45) is -9.27. The van der Waals surface area contributed by atoms with Crippen molar-refractivity contribution in [2.45, 2.75) is 18.5 Å². The van der Waals surface area contributed by atoms with Gasteiger partial charge in [-0.3, -0.25) is 0 Å². The van der Waals surface area contributed by atoms with Crippen molar-refractivity contribution >= 4 is 0 Å². The third kappa shape index (κ3) is 5.65. The summed E-state index contributed by atoms with van der Waals surface area (Å²) in [4.78, 5) is 0. The molecule has 0 radical (unpaired) electrons. The largest absolute Gasteiger partial charge is 0.495 e. The van der Waals surface area contributed by atoms with Gasteiger partial charge in [-0.15, -0.1) is 0 Å². The Bertz CT molecular complexity index is 195. The van der Waals surface area contributed by atoms with Crippen molar-refractivity contribution < 1.29 is 35.5 Å². The van der Waals surface area contributed by atoms with Crippen LogP contribution >= 0.6 is 0 Å². The highest BCUT2D eigenvalue weighted by Crippen LogP contribution is 2.23. The summed E-state index contributed by atoms with van der Waals surface area (Å²) in [6.45, 7) is -1.79. The average Bonchev–Trinajstić information content (AvgIpc) is 1.96. The molecule has 0 amide bonds. The van der Waals surface area contributed by atoms with Crippen LogP contribution in [-0.4, -0.2) is 25.1 Å². The summed E-state index contributed by atoms with van der Waals surface area (Å²) in [7, 11) is 0. The van der Waals surface area contributed by atoms with E-state index in [1.807, 2.05) is 0 Å². The normalized spacial score (nSPS) is 14.0. The zero-order valence-corrected chi connectivity index (χ0v) is 6.49. The molecule has 0 rings (SSSR count). The maximum absolute atomic E-state index is 12.0. The van der Waals surface area contributed by atoms with Crippen LogP contribution in [0.25, 0.3) is 0 Å². The molecule has 0 saturated heterocycles. The second-order valence-electron chi connectivity index (χ2n) is 2.22. The Morgan fingerprint density at radius 2 is 1.57 bits per heavy atom. The van der Waals surface area contributed by atoms with Crippen molar-refractivity contribution in [1.82, 2.24) is 0 Å². The average molecular weight is 226 g/mol. The maximum atomic E-state index is 12.0. The predicted molar refractivity (Wildman–Crippen MR) is 32.1 cm³/mol. The van der Waals surface area contributed by atoms with Crippen LogP contribution < -0.4 is 0 Å². The van der Waals surface area contributed by atoms with Crippen molar-refractivity contribution in [3.63, 3.8) is 0 Å². The molecule has 0 fully saturated rings. The van der Waals surface area contributed by atoms with E-state index in [9.17, 15) is 30.7 Å². The molecule has 0 aliphatic heterocycles. The van der Waals surface area contributed by atoms with Gasteiger partial charge in [0.2, 0.25) is 0 Å². The smallest absolute Gasteiger partial charge is 0.412 e. The molecule has 1 nitrogen and oxygen atoms in total. The van der Waals surface area contributed by atoms with Crippen molar-refractivity contribution in [2.75, 3.05) is 6.61 Å². The van der Waals surface area contributed by atoms with E-state index in [2.05, 4.69) is 4.74 Å². The monoisotopic (exact) mass is 226 g/mol. The molecule has 0 atom stereocenters. The van der Waals surface area contributed by atoms with E-state index in [0.29, 0.717) is 0 Å². The van der Waals surface area contributed by atoms with Gasteiger partial charge < -0.3 is 4.74 Å². The Kier molecular flexibility index (Phi) is 4.21. The first-order chi connectivity index (χ1) is 6.15. The fourth-order valence-corrected chi connectivity index (χ4v) is 0.347. The van der Waals surface area contributed by atoms with Gasteiger partial charge in [-0.25, -0.2) is 8.78 Å². The fourth-order valence-electron chi connectivity index (χ4n) is 0.347. The number of rotatable bonds is 4. The van der Waals surface area contributed by atoms with E-state index < -0.39 is 31.2 Å². The van der Waals surface area contributed by atoms with Crippen LogP contribution in [0.15, 0.2) is 12.3 Å². The second kappa shape index (κ2) is 4.52. The van der Waals surface area contributed by atoms with Crippen LogP contribution in [-0.2, 0) is 4.74 Å². The van der Waals surface area contributed by atoms with E-state index in [1.54, 1.807) is 0 Å². The summed E-state index contributed by atoms with van der Waals surface area (Å²) < 4.78 is 84.3. The van der Waals surface area contributed by atoms with Crippen LogP contribution in [0.1, 0.15) is 0 Å². The highest BCUT2D eigenvalue weighted by Gasteiger charge is 2.41. The molecular weight excluding hydrogens is 221 g/mol. The van der Waals surface area contributed by atoms with Crippen molar-refractivity contribution in [3.05, 3.63) is 12.3 Å². The van der Waals surface area contributed by atoms with Gasteiger partial charge in [0.1, 0.15) is 0 Å². The molecule has 0 heterocycles. The van der Waals surface area contributed by atoms with Crippen molar-refractivity contribution in [3.8, 4) is 0 Å². The number of alkyl halides is 7. The summed E-state index contributed by atoms with van der Waals surface area (Å²) in [6, 6.07) is 0. The number of hydrogen-bond acceptors (Lipinski definition) is 1. The second-order valence-corrected chi connectivity index (χ2v) is 2.22. The van der Waals surface area contributed by atoms with Gasteiger partial charge in [-0.05, 0) is 0 Å². The van der Waals surface area contributed by atoms with Gasteiger partial charge in [0.05, 0.1) is 12.3 Å². The maximum Gasteiger partial charge on any atom is 0.412 e. The minimum Gasteiger partial charge on any atom is -0.495 e. The lowest BCUT2D eigenvalue weighted by Crippen LogP contribution is -2.31. The van der Waals surface area contributed by atoms with Crippen molar-refractivity contribution in [2.24, 2.45) is 0 Å². The van der Waals surface area contributed by atoms with Gasteiger partial charge in [0.25, 0.3) is 0 Å². The fraction of sp³-hybridized carbons (Fsp3) is 0.667. The molecule has 0 aromatic heterocycles. The standard InChI is InChI=1S/C6H5F7O/c7-4(8)5(9,10)3-14-2-1-6(11,12)13/h1-2,4H,3H2. The first kappa shape index (κ1) is 13.1. The quantitative estimate of drug-likeness (QED) is 0.529. The van der Waals surface area contributed by atoms with Gasteiger partial charge in [0, 0.05) is 0 Å². The van der Waals surface area contributed by atoms with Crippen LogP contribution in [0.4, 0.5) is 30.7 Å². The van der Waals surface area contributed by atoms with Gasteiger partial charge in [-0.2, -0.15) is 22.0 Å². The molecule has 0 bridgehead atoms. The first-order valence-electron chi connectivity index (χ1n) is 3.17. The molecule has 0 aliphatic carbocycles. The van der Waals surface area contributed by atoms with Crippen LogP contribution in [0.5, 0.6) is 0 Å². The Balaban J connectivity index is 3.91. The molecule has 0 aromatic rings. The Morgan fingerprint density at radius 3 is 1.93 bits per heavy atom. The van der Waals surface area contributed by atoms with Crippen LogP contribution in [0.3, 0.4) is 0 Å². The highest BCUT2D eigenvalue weighted by atomic mass is 19.4. The van der Waals surface area contributed by atoms with E-state index in [0.717, 1.165) is 0 Å². The minimum absolute atomic E-state index is 0.101. The van der Waals surface area contributed by atoms with Gasteiger partial charge in [-0.1, -0.05) is 0 Å². The summed E-state index contributed by atoms with van der Waals surface area (Å²) >= 11 is 0. The predicted octanol–water partition coefficient (Wildman–Crippen LogP) is 2.98. The molecule has 0 aliphatic rings. The molecule has 0 spiro atoms.